The number of rotatable bonds is 3. The molecule has 2 aromatic carbocycles. The van der Waals surface area contributed by atoms with Gasteiger partial charge in [-0.25, -0.2) is 9.37 Å². The molecule has 1 aromatic heterocycles. The van der Waals surface area contributed by atoms with Crippen LogP contribution < -0.4 is 4.74 Å². The fourth-order valence-corrected chi connectivity index (χ4v) is 4.13. The van der Waals surface area contributed by atoms with Crippen molar-refractivity contribution >= 4 is 35.6 Å². The van der Waals surface area contributed by atoms with Gasteiger partial charge in [0.1, 0.15) is 17.7 Å². The Bertz CT molecular complexity index is 1160. The quantitative estimate of drug-likeness (QED) is 0.448. The first-order chi connectivity index (χ1) is 14.4. The maximum absolute atomic E-state index is 14.7. The monoisotopic (exact) mass is 462 g/mol. The van der Waals surface area contributed by atoms with E-state index < -0.39 is 17.4 Å². The van der Waals surface area contributed by atoms with Crippen LogP contribution >= 0.6 is 24.0 Å². The number of aromatic nitrogens is 1. The molecule has 1 atom stereocenters. The van der Waals surface area contributed by atoms with E-state index in [4.69, 9.17) is 20.8 Å². The van der Waals surface area contributed by atoms with Gasteiger partial charge in [0.15, 0.2) is 5.69 Å². The summed E-state index contributed by atoms with van der Waals surface area (Å²) in [6.45, 7) is 1.63. The molecule has 0 N–H and O–H groups in total. The van der Waals surface area contributed by atoms with Crippen molar-refractivity contribution in [1.82, 2.24) is 9.88 Å². The molecule has 0 saturated carbocycles. The van der Waals surface area contributed by atoms with Gasteiger partial charge in [-0.1, -0.05) is 35.9 Å². The van der Waals surface area contributed by atoms with Gasteiger partial charge in [0.2, 0.25) is 23.2 Å². The van der Waals surface area contributed by atoms with Gasteiger partial charge in [0.25, 0.3) is 0 Å². The van der Waals surface area contributed by atoms with Gasteiger partial charge >= 0.3 is 0 Å². The average Bonchev–Trinajstić information content (AvgIpc) is 3.35. The fraction of sp³-hybridized carbons (Fsp3) is 0.227. The summed E-state index contributed by atoms with van der Waals surface area (Å²) < 4.78 is 26.2. The highest BCUT2D eigenvalue weighted by Gasteiger charge is 2.36. The Morgan fingerprint density at radius 2 is 1.87 bits per heavy atom. The van der Waals surface area contributed by atoms with Crippen LogP contribution in [0.15, 0.2) is 40.8 Å². The second kappa shape index (κ2) is 8.07. The minimum Gasteiger partial charge on any atom is -0.487 e. The Morgan fingerprint density at radius 1 is 1.16 bits per heavy atom. The minimum absolute atomic E-state index is 0. The molecule has 3 aromatic rings. The molecule has 6 nitrogen and oxygen atoms in total. The molecule has 1 aliphatic carbocycles. The van der Waals surface area contributed by atoms with Crippen LogP contribution in [0, 0.1) is 5.82 Å². The number of nitrogens with zero attached hydrogens (tertiary/aromatic N) is 2. The molecule has 160 valence electrons. The van der Waals surface area contributed by atoms with Crippen molar-refractivity contribution in [1.29, 1.82) is 0 Å². The van der Waals surface area contributed by atoms with Gasteiger partial charge in [-0.2, -0.15) is 0 Å². The van der Waals surface area contributed by atoms with Crippen molar-refractivity contribution in [2.75, 3.05) is 20.1 Å². The van der Waals surface area contributed by atoms with E-state index in [1.165, 1.54) is 12.1 Å². The highest BCUT2D eigenvalue weighted by atomic mass is 35.5. The van der Waals surface area contributed by atoms with E-state index in [0.29, 0.717) is 5.75 Å². The summed E-state index contributed by atoms with van der Waals surface area (Å²) in [6, 6.07) is 9.07. The van der Waals surface area contributed by atoms with Crippen molar-refractivity contribution in [3.63, 3.8) is 0 Å². The second-order valence-electron chi connectivity index (χ2n) is 7.43. The molecule has 9 heteroatoms. The van der Waals surface area contributed by atoms with Gasteiger partial charge in [-0.05, 0) is 25.6 Å². The standard InChI is InChI=1S/C22H16ClFN2O4.ClH/c1-26-9-8-11(10-26)29-15-7-6-14(24)16(17(15)23)22-25-18-19(27)12-4-2-3-5-13(12)20(28)21(18)30-22;/h2-7,11H,8-10H2,1H3;1H/t11-;/m1./s1. The summed E-state index contributed by atoms with van der Waals surface area (Å²) in [5, 5.41) is -0.0134. The van der Waals surface area contributed by atoms with Crippen LogP contribution in [-0.4, -0.2) is 47.7 Å². The third-order valence-corrected chi connectivity index (χ3v) is 5.75. The number of halogens is 3. The number of carbonyl (C=O) groups excluding carboxylic acids is 2. The Hall–Kier alpha value is -2.74. The van der Waals surface area contributed by atoms with E-state index in [1.54, 1.807) is 24.3 Å². The number of hydrogen-bond donors (Lipinski definition) is 0. The number of benzene rings is 2. The van der Waals surface area contributed by atoms with Gasteiger partial charge in [0.05, 0.1) is 10.6 Å². The first kappa shape index (κ1) is 21.5. The van der Waals surface area contributed by atoms with Gasteiger partial charge in [0, 0.05) is 24.2 Å². The Labute approximate surface area is 188 Å². The van der Waals surface area contributed by atoms with Crippen LogP contribution in [0.25, 0.3) is 11.5 Å². The number of hydrogen-bond acceptors (Lipinski definition) is 6. The summed E-state index contributed by atoms with van der Waals surface area (Å²) in [7, 11) is 1.99. The SMILES string of the molecule is CN1CC[C@@H](Oc2ccc(F)c(-c3nc4c(o3)C(=O)c3ccccc3C4=O)c2Cl)C1.Cl. The Balaban J connectivity index is 0.00000231. The first-order valence-electron chi connectivity index (χ1n) is 9.47. The van der Waals surface area contributed by atoms with Crippen molar-refractivity contribution < 1.29 is 23.1 Å². The highest BCUT2D eigenvalue weighted by Crippen LogP contribution is 2.40. The first-order valence-corrected chi connectivity index (χ1v) is 9.84. The zero-order valence-corrected chi connectivity index (χ0v) is 17.9. The largest absolute Gasteiger partial charge is 0.487 e. The van der Waals surface area contributed by atoms with E-state index in [9.17, 15) is 14.0 Å². The van der Waals surface area contributed by atoms with Gasteiger partial charge < -0.3 is 14.1 Å². The maximum Gasteiger partial charge on any atom is 0.232 e. The second-order valence-corrected chi connectivity index (χ2v) is 7.80. The van der Waals surface area contributed by atoms with Crippen LogP contribution in [0.3, 0.4) is 0 Å². The van der Waals surface area contributed by atoms with Crippen LogP contribution in [-0.2, 0) is 0 Å². The molecule has 0 radical (unpaired) electrons. The summed E-state index contributed by atoms with van der Waals surface area (Å²) >= 11 is 6.44. The lowest BCUT2D eigenvalue weighted by molar-refractivity contribution is 0.0959. The topological polar surface area (TPSA) is 72.6 Å². The van der Waals surface area contributed by atoms with Gasteiger partial charge in [-0.3, -0.25) is 9.59 Å². The zero-order chi connectivity index (χ0) is 21.0. The molecular weight excluding hydrogens is 446 g/mol. The molecular formula is C22H17Cl2FN2O4. The summed E-state index contributed by atoms with van der Waals surface area (Å²) in [5.41, 5.74) is 0.183. The van der Waals surface area contributed by atoms with E-state index in [2.05, 4.69) is 9.88 Å². The van der Waals surface area contributed by atoms with Crippen molar-refractivity contribution in [2.24, 2.45) is 0 Å². The van der Waals surface area contributed by atoms with Crippen LogP contribution in [0.4, 0.5) is 4.39 Å². The number of likely N-dealkylation sites (N-methyl/N-ethyl adjacent to an activating group) is 1. The van der Waals surface area contributed by atoms with Crippen molar-refractivity contribution in [3.05, 3.63) is 69.8 Å². The molecule has 0 amide bonds. The van der Waals surface area contributed by atoms with E-state index >= 15 is 0 Å². The Morgan fingerprint density at radius 3 is 2.55 bits per heavy atom. The molecule has 1 aliphatic heterocycles. The normalized spacial score (nSPS) is 17.8. The lowest BCUT2D eigenvalue weighted by atomic mass is 9.91. The number of fused-ring (bicyclic) bond motifs is 2. The zero-order valence-electron chi connectivity index (χ0n) is 16.4. The number of carbonyl (C=O) groups is 2. The van der Waals surface area contributed by atoms with E-state index in [0.717, 1.165) is 19.5 Å². The molecule has 0 unspecified atom stereocenters. The number of ether oxygens (including phenoxy) is 1. The van der Waals surface area contributed by atoms with Crippen LogP contribution in [0.2, 0.25) is 5.02 Å². The predicted molar refractivity (Wildman–Crippen MR) is 114 cm³/mol. The van der Waals surface area contributed by atoms with E-state index in [1.807, 2.05) is 7.05 Å². The number of likely N-dealkylation sites (tertiary alicyclic amines) is 1. The smallest absolute Gasteiger partial charge is 0.232 e. The summed E-state index contributed by atoms with van der Waals surface area (Å²) in [4.78, 5) is 31.8. The minimum atomic E-state index is -0.688. The van der Waals surface area contributed by atoms with Crippen LogP contribution in [0.5, 0.6) is 5.75 Å². The lowest BCUT2D eigenvalue weighted by Crippen LogP contribution is -2.21. The predicted octanol–water partition coefficient (Wildman–Crippen LogP) is 4.41. The summed E-state index contributed by atoms with van der Waals surface area (Å²) in [6.07, 6.45) is 0.759. The average molecular weight is 463 g/mol. The van der Waals surface area contributed by atoms with E-state index in [-0.39, 0.29) is 57.6 Å². The molecule has 0 spiro atoms. The highest BCUT2D eigenvalue weighted by molar-refractivity contribution is 6.34. The molecule has 1 saturated heterocycles. The third kappa shape index (κ3) is 3.52. The molecule has 31 heavy (non-hydrogen) atoms. The molecule has 5 rings (SSSR count). The number of oxazole rings is 1. The molecule has 2 heterocycles. The maximum atomic E-state index is 14.7. The van der Waals surface area contributed by atoms with Crippen LogP contribution in [0.1, 0.15) is 38.6 Å². The Kier molecular flexibility index (Phi) is 5.60. The molecule has 2 aliphatic rings. The van der Waals surface area contributed by atoms with Crippen molar-refractivity contribution in [2.45, 2.75) is 12.5 Å². The molecule has 1 fully saturated rings. The molecule has 0 bridgehead atoms. The van der Waals surface area contributed by atoms with Crippen molar-refractivity contribution in [3.8, 4) is 17.2 Å². The lowest BCUT2D eigenvalue weighted by Gasteiger charge is -2.16. The third-order valence-electron chi connectivity index (χ3n) is 5.38. The number of ketones is 2. The fourth-order valence-electron chi connectivity index (χ4n) is 3.85. The summed E-state index contributed by atoms with van der Waals surface area (Å²) in [5.74, 6) is -1.76. The van der Waals surface area contributed by atoms with Gasteiger partial charge in [-0.15, -0.1) is 12.4 Å².